The standard InChI is InChI=1S/C22H21N/c1-15(2)13-16-7-9-17(10-8-16)18-11-12-22-20(14-18)19-5-3-4-6-21(19)23-22/h3-12,14-15,23H,13H2,1-2H3. The number of hydrogen-bond acceptors (Lipinski definition) is 0. The number of aromatic nitrogens is 1. The maximum absolute atomic E-state index is 3.49. The molecule has 0 unspecified atom stereocenters. The van der Waals surface area contributed by atoms with Crippen LogP contribution in [0.2, 0.25) is 0 Å². The molecule has 1 nitrogen and oxygen atoms in total. The molecule has 4 rings (SSSR count). The van der Waals surface area contributed by atoms with Gasteiger partial charge in [-0.3, -0.25) is 0 Å². The van der Waals surface area contributed by atoms with E-state index in [0.29, 0.717) is 5.92 Å². The van der Waals surface area contributed by atoms with Crippen molar-refractivity contribution in [1.29, 1.82) is 0 Å². The second-order valence-corrected chi connectivity index (χ2v) is 6.73. The van der Waals surface area contributed by atoms with E-state index in [-0.39, 0.29) is 0 Å². The molecule has 23 heavy (non-hydrogen) atoms. The van der Waals surface area contributed by atoms with Gasteiger partial charge < -0.3 is 4.98 Å². The van der Waals surface area contributed by atoms with Crippen molar-refractivity contribution in [1.82, 2.24) is 4.98 Å². The number of H-pyrrole nitrogens is 1. The third-order valence-corrected chi connectivity index (χ3v) is 4.44. The number of fused-ring (bicyclic) bond motifs is 3. The van der Waals surface area contributed by atoms with Crippen molar-refractivity contribution in [3.63, 3.8) is 0 Å². The molecule has 0 atom stereocenters. The Morgan fingerprint density at radius 2 is 1.43 bits per heavy atom. The van der Waals surface area contributed by atoms with Crippen molar-refractivity contribution in [2.75, 3.05) is 0 Å². The molecule has 1 heteroatoms. The first-order valence-corrected chi connectivity index (χ1v) is 8.30. The molecule has 1 aromatic heterocycles. The second kappa shape index (κ2) is 5.58. The Balaban J connectivity index is 1.77. The Morgan fingerprint density at radius 3 is 2.22 bits per heavy atom. The zero-order valence-corrected chi connectivity index (χ0v) is 13.6. The first kappa shape index (κ1) is 14.1. The SMILES string of the molecule is CC(C)Cc1ccc(-c2ccc3[nH]c4ccccc4c3c2)cc1. The van der Waals surface area contributed by atoms with Crippen LogP contribution in [0.15, 0.2) is 66.7 Å². The van der Waals surface area contributed by atoms with Gasteiger partial charge in [0.25, 0.3) is 0 Å². The second-order valence-electron chi connectivity index (χ2n) is 6.73. The van der Waals surface area contributed by atoms with E-state index in [2.05, 4.69) is 85.6 Å². The van der Waals surface area contributed by atoms with E-state index in [1.165, 1.54) is 38.5 Å². The molecule has 0 fully saturated rings. The normalized spacial score (nSPS) is 11.6. The van der Waals surface area contributed by atoms with Crippen molar-refractivity contribution in [2.45, 2.75) is 20.3 Å². The van der Waals surface area contributed by atoms with Crippen LogP contribution in [0.1, 0.15) is 19.4 Å². The van der Waals surface area contributed by atoms with E-state index in [9.17, 15) is 0 Å². The molecule has 0 aliphatic heterocycles. The molecule has 0 saturated heterocycles. The Labute approximate surface area is 137 Å². The lowest BCUT2D eigenvalue weighted by molar-refractivity contribution is 0.647. The zero-order chi connectivity index (χ0) is 15.8. The molecule has 0 saturated carbocycles. The molecule has 0 spiro atoms. The Kier molecular flexibility index (Phi) is 3.42. The van der Waals surface area contributed by atoms with Gasteiger partial charge in [0, 0.05) is 21.8 Å². The average Bonchev–Trinajstić information content (AvgIpc) is 2.93. The fraction of sp³-hybridized carbons (Fsp3) is 0.182. The lowest BCUT2D eigenvalue weighted by Gasteiger charge is -2.07. The van der Waals surface area contributed by atoms with Gasteiger partial charge in [0.2, 0.25) is 0 Å². The van der Waals surface area contributed by atoms with E-state index in [4.69, 9.17) is 0 Å². The summed E-state index contributed by atoms with van der Waals surface area (Å²) >= 11 is 0. The van der Waals surface area contributed by atoms with Gasteiger partial charge >= 0.3 is 0 Å². The van der Waals surface area contributed by atoms with Crippen molar-refractivity contribution in [2.24, 2.45) is 5.92 Å². The molecular formula is C22H21N. The smallest absolute Gasteiger partial charge is 0.0465 e. The van der Waals surface area contributed by atoms with Gasteiger partial charge in [-0.25, -0.2) is 0 Å². The van der Waals surface area contributed by atoms with Crippen LogP contribution in [-0.2, 0) is 6.42 Å². The Hall–Kier alpha value is -2.54. The first-order valence-electron chi connectivity index (χ1n) is 8.30. The van der Waals surface area contributed by atoms with Gasteiger partial charge in [0.05, 0.1) is 0 Å². The molecule has 3 aromatic carbocycles. The molecule has 0 radical (unpaired) electrons. The van der Waals surface area contributed by atoms with Crippen LogP contribution >= 0.6 is 0 Å². The molecule has 1 N–H and O–H groups in total. The molecule has 4 aromatic rings. The van der Waals surface area contributed by atoms with E-state index < -0.39 is 0 Å². The zero-order valence-electron chi connectivity index (χ0n) is 13.6. The minimum absolute atomic E-state index is 0.698. The van der Waals surface area contributed by atoms with Crippen molar-refractivity contribution < 1.29 is 0 Å². The van der Waals surface area contributed by atoms with Gasteiger partial charge in [-0.1, -0.05) is 62.4 Å². The maximum atomic E-state index is 3.49. The minimum Gasteiger partial charge on any atom is -0.355 e. The monoisotopic (exact) mass is 299 g/mol. The quantitative estimate of drug-likeness (QED) is 0.464. The average molecular weight is 299 g/mol. The Bertz CT molecular complexity index is 958. The van der Waals surface area contributed by atoms with Crippen LogP contribution in [0, 0.1) is 5.92 Å². The van der Waals surface area contributed by atoms with E-state index >= 15 is 0 Å². The molecule has 0 aliphatic rings. The van der Waals surface area contributed by atoms with E-state index in [1.807, 2.05) is 0 Å². The van der Waals surface area contributed by atoms with Gasteiger partial charge in [-0.05, 0) is 47.2 Å². The van der Waals surface area contributed by atoms with Crippen LogP contribution in [0.25, 0.3) is 32.9 Å². The van der Waals surface area contributed by atoms with Crippen LogP contribution in [0.5, 0.6) is 0 Å². The highest BCUT2D eigenvalue weighted by molar-refractivity contribution is 6.08. The lowest BCUT2D eigenvalue weighted by atomic mass is 9.98. The number of aromatic amines is 1. The third-order valence-electron chi connectivity index (χ3n) is 4.44. The Morgan fingerprint density at radius 1 is 0.739 bits per heavy atom. The predicted octanol–water partition coefficient (Wildman–Crippen LogP) is 6.19. The summed E-state index contributed by atoms with van der Waals surface area (Å²) in [7, 11) is 0. The van der Waals surface area contributed by atoms with E-state index in [1.54, 1.807) is 0 Å². The van der Waals surface area contributed by atoms with Crippen molar-refractivity contribution in [3.05, 3.63) is 72.3 Å². The number of benzene rings is 3. The highest BCUT2D eigenvalue weighted by Gasteiger charge is 2.06. The van der Waals surface area contributed by atoms with Crippen LogP contribution < -0.4 is 0 Å². The fourth-order valence-electron chi connectivity index (χ4n) is 3.33. The van der Waals surface area contributed by atoms with Crippen LogP contribution in [0.3, 0.4) is 0 Å². The summed E-state index contributed by atoms with van der Waals surface area (Å²) in [6.07, 6.45) is 1.14. The largest absolute Gasteiger partial charge is 0.355 e. The third kappa shape index (κ3) is 2.63. The summed E-state index contributed by atoms with van der Waals surface area (Å²) in [6.45, 7) is 4.53. The summed E-state index contributed by atoms with van der Waals surface area (Å²) in [5, 5.41) is 2.59. The predicted molar refractivity (Wildman–Crippen MR) is 99.8 cm³/mol. The highest BCUT2D eigenvalue weighted by atomic mass is 14.7. The summed E-state index contributed by atoms with van der Waals surface area (Å²) < 4.78 is 0. The highest BCUT2D eigenvalue weighted by Crippen LogP contribution is 2.30. The molecule has 0 aliphatic carbocycles. The summed E-state index contributed by atoms with van der Waals surface area (Å²) in [5.74, 6) is 0.698. The first-order chi connectivity index (χ1) is 11.2. The number of rotatable bonds is 3. The fourth-order valence-corrected chi connectivity index (χ4v) is 3.33. The van der Waals surface area contributed by atoms with Crippen LogP contribution in [-0.4, -0.2) is 4.98 Å². The van der Waals surface area contributed by atoms with Crippen LogP contribution in [0.4, 0.5) is 0 Å². The summed E-state index contributed by atoms with van der Waals surface area (Å²) in [5.41, 5.74) is 6.37. The van der Waals surface area contributed by atoms with Gasteiger partial charge in [0.15, 0.2) is 0 Å². The number of hydrogen-bond donors (Lipinski definition) is 1. The topological polar surface area (TPSA) is 15.8 Å². The van der Waals surface area contributed by atoms with Gasteiger partial charge in [0.1, 0.15) is 0 Å². The number of para-hydroxylation sites is 1. The van der Waals surface area contributed by atoms with Gasteiger partial charge in [-0.15, -0.1) is 0 Å². The van der Waals surface area contributed by atoms with Crippen molar-refractivity contribution in [3.8, 4) is 11.1 Å². The van der Waals surface area contributed by atoms with E-state index in [0.717, 1.165) is 6.42 Å². The number of nitrogens with one attached hydrogen (secondary N) is 1. The molecule has 0 amide bonds. The molecule has 0 bridgehead atoms. The van der Waals surface area contributed by atoms with Gasteiger partial charge in [-0.2, -0.15) is 0 Å². The maximum Gasteiger partial charge on any atom is 0.0465 e. The van der Waals surface area contributed by atoms with Crippen molar-refractivity contribution >= 4 is 21.8 Å². The molecule has 114 valence electrons. The lowest BCUT2D eigenvalue weighted by Crippen LogP contribution is -1.93. The molecular weight excluding hydrogens is 278 g/mol. The summed E-state index contributed by atoms with van der Waals surface area (Å²) in [6, 6.07) is 24.2. The minimum atomic E-state index is 0.698. The summed E-state index contributed by atoms with van der Waals surface area (Å²) in [4.78, 5) is 3.49. The molecule has 1 heterocycles.